The summed E-state index contributed by atoms with van der Waals surface area (Å²) in [4.78, 5) is 23.9. The lowest BCUT2D eigenvalue weighted by molar-refractivity contribution is -0.692. The monoisotopic (exact) mass is 355 g/mol. The first-order valence-corrected chi connectivity index (χ1v) is 8.96. The standard InChI is InChI=1S/C21H26N2O3/c1-4-26-21(25)17-10-12-18(13-11-17)23-19(24)14-22-20(15(2)3)16-8-6-5-7-9-16/h5-13,15,20,22H,4,14H2,1-3H3,(H,23,24)/p+1/t20-/m1/s1. The number of nitrogens with one attached hydrogen (secondary N) is 1. The van der Waals surface area contributed by atoms with E-state index in [0.717, 1.165) is 0 Å². The second-order valence-electron chi connectivity index (χ2n) is 6.47. The van der Waals surface area contributed by atoms with E-state index >= 15 is 0 Å². The van der Waals surface area contributed by atoms with Crippen molar-refractivity contribution in [3.8, 4) is 0 Å². The van der Waals surface area contributed by atoms with Crippen molar-refractivity contribution >= 4 is 17.6 Å². The molecular weight excluding hydrogens is 328 g/mol. The fourth-order valence-electron chi connectivity index (χ4n) is 2.82. The zero-order valence-electron chi connectivity index (χ0n) is 15.6. The van der Waals surface area contributed by atoms with Crippen LogP contribution < -0.4 is 10.6 Å². The maximum atomic E-state index is 12.3. The average molecular weight is 355 g/mol. The molecule has 0 unspecified atom stereocenters. The van der Waals surface area contributed by atoms with E-state index in [0.29, 0.717) is 30.3 Å². The van der Waals surface area contributed by atoms with Crippen LogP contribution in [0.5, 0.6) is 0 Å². The molecule has 2 aromatic carbocycles. The average Bonchev–Trinajstić information content (AvgIpc) is 2.63. The van der Waals surface area contributed by atoms with E-state index in [-0.39, 0.29) is 17.9 Å². The van der Waals surface area contributed by atoms with Crippen LogP contribution in [0.3, 0.4) is 0 Å². The molecule has 0 saturated carbocycles. The Morgan fingerprint density at radius 2 is 1.69 bits per heavy atom. The highest BCUT2D eigenvalue weighted by Crippen LogP contribution is 2.16. The van der Waals surface area contributed by atoms with Gasteiger partial charge < -0.3 is 15.4 Å². The number of hydrogen-bond donors (Lipinski definition) is 2. The summed E-state index contributed by atoms with van der Waals surface area (Å²) in [5.74, 6) is -0.0223. The summed E-state index contributed by atoms with van der Waals surface area (Å²) in [5.41, 5.74) is 2.35. The molecule has 5 nitrogen and oxygen atoms in total. The van der Waals surface area contributed by atoms with Crippen LogP contribution in [0, 0.1) is 5.92 Å². The van der Waals surface area contributed by atoms with E-state index in [2.05, 4.69) is 36.6 Å². The Morgan fingerprint density at radius 3 is 2.27 bits per heavy atom. The summed E-state index contributed by atoms with van der Waals surface area (Å²) in [6.07, 6.45) is 0. The van der Waals surface area contributed by atoms with E-state index in [4.69, 9.17) is 4.74 Å². The molecular formula is C21H27N2O3+. The van der Waals surface area contributed by atoms with Gasteiger partial charge in [-0.1, -0.05) is 44.2 Å². The molecule has 0 aromatic heterocycles. The van der Waals surface area contributed by atoms with Crippen molar-refractivity contribution in [1.82, 2.24) is 0 Å². The smallest absolute Gasteiger partial charge is 0.338 e. The molecule has 0 spiro atoms. The topological polar surface area (TPSA) is 72.0 Å². The van der Waals surface area contributed by atoms with Gasteiger partial charge in [-0.2, -0.15) is 0 Å². The maximum Gasteiger partial charge on any atom is 0.338 e. The van der Waals surface area contributed by atoms with Crippen LogP contribution in [0.1, 0.15) is 42.7 Å². The van der Waals surface area contributed by atoms with E-state index < -0.39 is 0 Å². The number of nitrogens with two attached hydrogens (primary N) is 1. The van der Waals surface area contributed by atoms with Gasteiger partial charge in [-0.15, -0.1) is 0 Å². The first-order valence-electron chi connectivity index (χ1n) is 8.96. The molecule has 2 rings (SSSR count). The van der Waals surface area contributed by atoms with Crippen molar-refractivity contribution < 1.29 is 19.6 Å². The second kappa shape index (κ2) is 9.73. The van der Waals surface area contributed by atoms with Gasteiger partial charge in [0.05, 0.1) is 12.2 Å². The normalized spacial score (nSPS) is 11.8. The minimum atomic E-state index is -0.360. The lowest BCUT2D eigenvalue weighted by Crippen LogP contribution is -2.88. The minimum Gasteiger partial charge on any atom is -0.462 e. The quantitative estimate of drug-likeness (QED) is 0.715. The van der Waals surface area contributed by atoms with E-state index in [9.17, 15) is 9.59 Å². The Balaban J connectivity index is 1.90. The van der Waals surface area contributed by atoms with Crippen molar-refractivity contribution in [3.63, 3.8) is 0 Å². The highest BCUT2D eigenvalue weighted by Gasteiger charge is 2.20. The van der Waals surface area contributed by atoms with Crippen molar-refractivity contribution in [1.29, 1.82) is 0 Å². The number of amides is 1. The van der Waals surface area contributed by atoms with Crippen LogP contribution in [-0.2, 0) is 9.53 Å². The highest BCUT2D eigenvalue weighted by atomic mass is 16.5. The molecule has 0 saturated heterocycles. The third-order valence-electron chi connectivity index (χ3n) is 4.14. The van der Waals surface area contributed by atoms with Crippen LogP contribution >= 0.6 is 0 Å². The fraction of sp³-hybridized carbons (Fsp3) is 0.333. The number of anilines is 1. The van der Waals surface area contributed by atoms with Gasteiger partial charge in [0.25, 0.3) is 5.91 Å². The lowest BCUT2D eigenvalue weighted by atomic mass is 9.96. The number of quaternary nitrogens is 1. The molecule has 0 radical (unpaired) electrons. The van der Waals surface area contributed by atoms with Gasteiger partial charge in [0, 0.05) is 17.2 Å². The molecule has 0 bridgehead atoms. The van der Waals surface area contributed by atoms with Gasteiger partial charge in [0.15, 0.2) is 6.54 Å². The van der Waals surface area contributed by atoms with Gasteiger partial charge in [-0.25, -0.2) is 4.79 Å². The Hall–Kier alpha value is -2.66. The third kappa shape index (κ3) is 5.70. The molecule has 26 heavy (non-hydrogen) atoms. The van der Waals surface area contributed by atoms with E-state index in [1.54, 1.807) is 31.2 Å². The summed E-state index contributed by atoms with van der Waals surface area (Å²) in [5, 5.41) is 4.92. The third-order valence-corrected chi connectivity index (χ3v) is 4.14. The van der Waals surface area contributed by atoms with Gasteiger partial charge in [-0.05, 0) is 31.2 Å². The first-order chi connectivity index (χ1) is 12.5. The lowest BCUT2D eigenvalue weighted by Gasteiger charge is -2.19. The Kier molecular flexibility index (Phi) is 7.36. The van der Waals surface area contributed by atoms with Crippen molar-refractivity contribution in [2.75, 3.05) is 18.5 Å². The number of hydrogen-bond acceptors (Lipinski definition) is 3. The Morgan fingerprint density at radius 1 is 1.04 bits per heavy atom. The molecule has 5 heteroatoms. The van der Waals surface area contributed by atoms with Crippen molar-refractivity contribution in [3.05, 3.63) is 65.7 Å². The van der Waals surface area contributed by atoms with Crippen LogP contribution in [0.4, 0.5) is 5.69 Å². The molecule has 0 fully saturated rings. The molecule has 1 atom stereocenters. The number of ether oxygens (including phenoxy) is 1. The Bertz CT molecular complexity index is 712. The van der Waals surface area contributed by atoms with Crippen molar-refractivity contribution in [2.45, 2.75) is 26.8 Å². The molecule has 1 amide bonds. The Labute approximate surface area is 154 Å². The van der Waals surface area contributed by atoms with Gasteiger partial charge in [-0.3, -0.25) is 4.79 Å². The highest BCUT2D eigenvalue weighted by molar-refractivity contribution is 5.93. The van der Waals surface area contributed by atoms with Gasteiger partial charge in [0.2, 0.25) is 0 Å². The fourth-order valence-corrected chi connectivity index (χ4v) is 2.82. The summed E-state index contributed by atoms with van der Waals surface area (Å²) in [6.45, 7) is 6.74. The summed E-state index contributed by atoms with van der Waals surface area (Å²) in [7, 11) is 0. The zero-order chi connectivity index (χ0) is 18.9. The maximum absolute atomic E-state index is 12.3. The van der Waals surface area contributed by atoms with Crippen LogP contribution in [0.25, 0.3) is 0 Å². The summed E-state index contributed by atoms with van der Waals surface area (Å²) in [6, 6.07) is 17.2. The predicted molar refractivity (Wildman–Crippen MR) is 102 cm³/mol. The molecule has 0 heterocycles. The minimum absolute atomic E-state index is 0.0736. The molecule has 3 N–H and O–H groups in total. The van der Waals surface area contributed by atoms with Crippen LogP contribution in [0.15, 0.2) is 54.6 Å². The number of rotatable bonds is 8. The summed E-state index contributed by atoms with van der Waals surface area (Å²) < 4.78 is 4.95. The molecule has 2 aromatic rings. The number of carbonyl (C=O) groups is 2. The molecule has 0 aliphatic heterocycles. The zero-order valence-corrected chi connectivity index (χ0v) is 15.6. The largest absolute Gasteiger partial charge is 0.462 e. The number of carbonyl (C=O) groups excluding carboxylic acids is 2. The SMILES string of the molecule is CCOC(=O)c1ccc(NC(=O)C[NH2+][C@@H](c2ccccc2)C(C)C)cc1. The van der Waals surface area contributed by atoms with Crippen LogP contribution in [-0.4, -0.2) is 25.0 Å². The van der Waals surface area contributed by atoms with Crippen molar-refractivity contribution in [2.24, 2.45) is 5.92 Å². The first kappa shape index (κ1) is 19.7. The van der Waals surface area contributed by atoms with Gasteiger partial charge >= 0.3 is 5.97 Å². The second-order valence-corrected chi connectivity index (χ2v) is 6.47. The van der Waals surface area contributed by atoms with Gasteiger partial charge in [0.1, 0.15) is 6.04 Å². The molecule has 0 aliphatic carbocycles. The molecule has 138 valence electrons. The van der Waals surface area contributed by atoms with Crippen LogP contribution in [0.2, 0.25) is 0 Å². The number of benzene rings is 2. The van der Waals surface area contributed by atoms with E-state index in [1.807, 2.05) is 18.2 Å². The van der Waals surface area contributed by atoms with E-state index in [1.165, 1.54) is 5.56 Å². The predicted octanol–water partition coefficient (Wildman–Crippen LogP) is 2.76. The summed E-state index contributed by atoms with van der Waals surface area (Å²) >= 11 is 0. The number of esters is 1. The molecule has 0 aliphatic rings.